The Hall–Kier alpha value is -1.26. The fourth-order valence-corrected chi connectivity index (χ4v) is 2.50. The van der Waals surface area contributed by atoms with Gasteiger partial charge in [0.2, 0.25) is 5.91 Å². The third-order valence-corrected chi connectivity index (χ3v) is 3.35. The van der Waals surface area contributed by atoms with Crippen molar-refractivity contribution in [1.29, 1.82) is 0 Å². The van der Waals surface area contributed by atoms with Crippen LogP contribution in [0.1, 0.15) is 18.9 Å². The number of benzene rings is 1. The lowest BCUT2D eigenvalue weighted by Crippen LogP contribution is -2.35. The lowest BCUT2D eigenvalue weighted by molar-refractivity contribution is -0.119. The van der Waals surface area contributed by atoms with Gasteiger partial charge in [0, 0.05) is 43.2 Å². The van der Waals surface area contributed by atoms with Crippen LogP contribution in [0.15, 0.2) is 18.2 Å². The van der Waals surface area contributed by atoms with Crippen molar-refractivity contribution in [1.82, 2.24) is 10.2 Å². The maximum Gasteiger partial charge on any atom is 0.217 e. The van der Waals surface area contributed by atoms with E-state index in [1.807, 2.05) is 0 Å². The Kier molecular flexibility index (Phi) is 4.09. The monoisotopic (exact) mass is 268 g/mol. The Morgan fingerprint density at radius 2 is 2.39 bits per heavy atom. The molecule has 1 atom stereocenters. The molecular formula is C13H17ClN2O2. The predicted octanol–water partition coefficient (Wildman–Crippen LogP) is 1.76. The molecule has 2 rings (SSSR count). The summed E-state index contributed by atoms with van der Waals surface area (Å²) >= 11 is 5.91. The molecule has 1 heterocycles. The molecule has 1 aliphatic heterocycles. The number of amides is 1. The fourth-order valence-electron chi connectivity index (χ4n) is 2.30. The molecule has 0 spiro atoms. The minimum Gasteiger partial charge on any atom is -0.508 e. The van der Waals surface area contributed by atoms with Gasteiger partial charge in [-0.1, -0.05) is 11.6 Å². The van der Waals surface area contributed by atoms with Crippen LogP contribution in [-0.2, 0) is 11.3 Å². The minimum atomic E-state index is 0.00690. The van der Waals surface area contributed by atoms with Gasteiger partial charge < -0.3 is 10.4 Å². The average molecular weight is 269 g/mol. The molecule has 0 radical (unpaired) electrons. The lowest BCUT2D eigenvalue weighted by Gasteiger charge is -2.17. The smallest absolute Gasteiger partial charge is 0.217 e. The first kappa shape index (κ1) is 13.2. The van der Waals surface area contributed by atoms with Gasteiger partial charge in [0.25, 0.3) is 0 Å². The molecule has 0 aliphatic carbocycles. The molecule has 5 heteroatoms. The molecule has 18 heavy (non-hydrogen) atoms. The number of nitrogens with zero attached hydrogens (tertiary/aromatic N) is 1. The number of phenolic OH excluding ortho intramolecular Hbond substituents is 1. The van der Waals surface area contributed by atoms with Crippen LogP contribution in [0.2, 0.25) is 5.02 Å². The second-order valence-corrected chi connectivity index (χ2v) is 5.13. The first-order valence-corrected chi connectivity index (χ1v) is 6.39. The van der Waals surface area contributed by atoms with Crippen LogP contribution < -0.4 is 5.32 Å². The van der Waals surface area contributed by atoms with E-state index in [1.54, 1.807) is 18.2 Å². The van der Waals surface area contributed by atoms with Crippen molar-refractivity contribution < 1.29 is 9.90 Å². The van der Waals surface area contributed by atoms with Crippen molar-refractivity contribution in [2.75, 3.05) is 13.1 Å². The Labute approximate surface area is 112 Å². The molecule has 1 aromatic rings. The molecular weight excluding hydrogens is 252 g/mol. The maximum atomic E-state index is 11.0. The van der Waals surface area contributed by atoms with E-state index in [1.165, 1.54) is 6.92 Å². The van der Waals surface area contributed by atoms with Crippen LogP contribution in [0.3, 0.4) is 0 Å². The van der Waals surface area contributed by atoms with E-state index in [0.717, 1.165) is 25.1 Å². The highest BCUT2D eigenvalue weighted by Gasteiger charge is 2.23. The maximum absolute atomic E-state index is 11.0. The lowest BCUT2D eigenvalue weighted by atomic mass is 10.2. The number of rotatable bonds is 3. The van der Waals surface area contributed by atoms with Gasteiger partial charge >= 0.3 is 0 Å². The van der Waals surface area contributed by atoms with E-state index in [4.69, 9.17) is 11.6 Å². The highest BCUT2D eigenvalue weighted by Crippen LogP contribution is 2.24. The minimum absolute atomic E-state index is 0.00690. The van der Waals surface area contributed by atoms with Gasteiger partial charge in [-0.05, 0) is 24.6 Å². The van der Waals surface area contributed by atoms with Crippen molar-refractivity contribution in [3.8, 4) is 5.75 Å². The second-order valence-electron chi connectivity index (χ2n) is 4.69. The van der Waals surface area contributed by atoms with E-state index in [2.05, 4.69) is 10.2 Å². The highest BCUT2D eigenvalue weighted by molar-refractivity contribution is 6.30. The van der Waals surface area contributed by atoms with Crippen LogP contribution in [0, 0.1) is 0 Å². The third kappa shape index (κ3) is 3.37. The fraction of sp³-hybridized carbons (Fsp3) is 0.462. The summed E-state index contributed by atoms with van der Waals surface area (Å²) in [5, 5.41) is 13.3. The van der Waals surface area contributed by atoms with Crippen molar-refractivity contribution >= 4 is 17.5 Å². The third-order valence-electron chi connectivity index (χ3n) is 3.12. The molecule has 0 bridgehead atoms. The average Bonchev–Trinajstić information content (AvgIpc) is 2.70. The van der Waals surface area contributed by atoms with Gasteiger partial charge in [-0.2, -0.15) is 0 Å². The Balaban J connectivity index is 1.95. The van der Waals surface area contributed by atoms with Gasteiger partial charge in [0.15, 0.2) is 0 Å². The number of nitrogens with one attached hydrogen (secondary N) is 1. The zero-order valence-corrected chi connectivity index (χ0v) is 11.1. The number of halogens is 1. The zero-order chi connectivity index (χ0) is 13.1. The summed E-state index contributed by atoms with van der Waals surface area (Å²) in [4.78, 5) is 13.2. The van der Waals surface area contributed by atoms with Crippen LogP contribution in [0.5, 0.6) is 5.75 Å². The molecule has 1 saturated heterocycles. The van der Waals surface area contributed by atoms with E-state index < -0.39 is 0 Å². The van der Waals surface area contributed by atoms with Crippen LogP contribution in [-0.4, -0.2) is 35.0 Å². The quantitative estimate of drug-likeness (QED) is 0.878. The summed E-state index contributed by atoms with van der Waals surface area (Å²) in [6, 6.07) is 5.27. The van der Waals surface area contributed by atoms with Crippen LogP contribution in [0.4, 0.5) is 0 Å². The van der Waals surface area contributed by atoms with Crippen molar-refractivity contribution in [3.63, 3.8) is 0 Å². The molecule has 98 valence electrons. The van der Waals surface area contributed by atoms with Crippen molar-refractivity contribution in [2.24, 2.45) is 0 Å². The summed E-state index contributed by atoms with van der Waals surface area (Å²) in [6.45, 7) is 3.91. The van der Waals surface area contributed by atoms with Gasteiger partial charge in [0.1, 0.15) is 5.75 Å². The van der Waals surface area contributed by atoms with E-state index in [0.29, 0.717) is 11.6 Å². The number of carbonyl (C=O) groups excluding carboxylic acids is 1. The second kappa shape index (κ2) is 5.59. The Morgan fingerprint density at radius 1 is 1.61 bits per heavy atom. The number of hydrogen-bond donors (Lipinski definition) is 2. The first-order chi connectivity index (χ1) is 8.54. The molecule has 1 unspecified atom stereocenters. The van der Waals surface area contributed by atoms with Crippen molar-refractivity contribution in [3.05, 3.63) is 28.8 Å². The molecule has 1 aliphatic rings. The summed E-state index contributed by atoms with van der Waals surface area (Å²) in [5.41, 5.74) is 0.825. The largest absolute Gasteiger partial charge is 0.508 e. The predicted molar refractivity (Wildman–Crippen MR) is 70.6 cm³/mol. The van der Waals surface area contributed by atoms with Gasteiger partial charge in [-0.25, -0.2) is 0 Å². The van der Waals surface area contributed by atoms with E-state index in [-0.39, 0.29) is 17.7 Å². The number of aromatic hydroxyl groups is 1. The van der Waals surface area contributed by atoms with Crippen LogP contribution >= 0.6 is 11.6 Å². The summed E-state index contributed by atoms with van der Waals surface area (Å²) in [7, 11) is 0. The molecule has 1 fully saturated rings. The molecule has 4 nitrogen and oxygen atoms in total. The number of carbonyl (C=O) groups is 1. The summed E-state index contributed by atoms with van der Waals surface area (Å²) in [6.07, 6.45) is 0.945. The Morgan fingerprint density at radius 3 is 3.11 bits per heavy atom. The molecule has 1 amide bonds. The standard InChI is InChI=1S/C13H17ClN2O2/c1-9(17)15-12-4-5-16(8-12)7-10-6-11(14)2-3-13(10)18/h2-3,6,12,18H,4-5,7-8H2,1H3,(H,15,17). The molecule has 2 N–H and O–H groups in total. The summed E-state index contributed by atoms with van der Waals surface area (Å²) < 4.78 is 0. The van der Waals surface area contributed by atoms with Crippen LogP contribution in [0.25, 0.3) is 0 Å². The zero-order valence-electron chi connectivity index (χ0n) is 10.3. The van der Waals surface area contributed by atoms with Gasteiger partial charge in [-0.3, -0.25) is 9.69 Å². The SMILES string of the molecule is CC(=O)NC1CCN(Cc2cc(Cl)ccc2O)C1. The topological polar surface area (TPSA) is 52.6 Å². The van der Waals surface area contributed by atoms with Gasteiger partial charge in [0.05, 0.1) is 0 Å². The normalized spacial score (nSPS) is 20.0. The number of hydrogen-bond acceptors (Lipinski definition) is 3. The molecule has 1 aromatic carbocycles. The molecule has 0 saturated carbocycles. The Bertz CT molecular complexity index is 451. The highest BCUT2D eigenvalue weighted by atomic mass is 35.5. The van der Waals surface area contributed by atoms with E-state index in [9.17, 15) is 9.90 Å². The van der Waals surface area contributed by atoms with Crippen molar-refractivity contribution in [2.45, 2.75) is 25.9 Å². The van der Waals surface area contributed by atoms with E-state index >= 15 is 0 Å². The first-order valence-electron chi connectivity index (χ1n) is 6.01. The number of likely N-dealkylation sites (tertiary alicyclic amines) is 1. The number of phenols is 1. The van der Waals surface area contributed by atoms with Gasteiger partial charge in [-0.15, -0.1) is 0 Å². The molecule has 0 aromatic heterocycles. The summed E-state index contributed by atoms with van der Waals surface area (Å²) in [5.74, 6) is 0.273.